The van der Waals surface area contributed by atoms with E-state index in [0.29, 0.717) is 6.42 Å². The van der Waals surface area contributed by atoms with Crippen molar-refractivity contribution in [3.8, 4) is 0 Å². The number of hydrogen-bond acceptors (Lipinski definition) is 4. The molecular weight excluding hydrogens is 374 g/mol. The van der Waals surface area contributed by atoms with E-state index in [-0.39, 0.29) is 18.1 Å². The molecule has 1 aromatic rings. The maximum absolute atomic E-state index is 11.2. The van der Waals surface area contributed by atoms with Crippen LogP contribution >= 0.6 is 0 Å². The van der Waals surface area contributed by atoms with Crippen LogP contribution in [0.5, 0.6) is 0 Å². The predicted octanol–water partition coefficient (Wildman–Crippen LogP) is 6.85. The van der Waals surface area contributed by atoms with E-state index in [9.17, 15) is 4.79 Å². The molecule has 0 saturated heterocycles. The summed E-state index contributed by atoms with van der Waals surface area (Å²) in [6.07, 6.45) is 16.4. The molecule has 0 N–H and O–H groups in total. The molecule has 0 unspecified atom stereocenters. The molecule has 4 nitrogen and oxygen atoms in total. The van der Waals surface area contributed by atoms with Crippen LogP contribution in [0.2, 0.25) is 0 Å². The van der Waals surface area contributed by atoms with Crippen molar-refractivity contribution >= 4 is 11.9 Å². The highest BCUT2D eigenvalue weighted by molar-refractivity contribution is 5.95. The summed E-state index contributed by atoms with van der Waals surface area (Å²) < 4.78 is 11.0. The fourth-order valence-electron chi connectivity index (χ4n) is 4.09. The molecule has 1 aromatic carbocycles. The van der Waals surface area contributed by atoms with Crippen LogP contribution in [0.25, 0.3) is 0 Å². The normalized spacial score (nSPS) is 18.1. The number of benzene rings is 1. The van der Waals surface area contributed by atoms with Crippen molar-refractivity contribution in [3.63, 3.8) is 0 Å². The van der Waals surface area contributed by atoms with Gasteiger partial charge in [-0.1, -0.05) is 82.9 Å². The van der Waals surface area contributed by atoms with Crippen LogP contribution in [-0.2, 0) is 14.3 Å². The molecule has 2 rings (SSSR count). The number of ether oxygens (including phenoxy) is 2. The second-order valence-corrected chi connectivity index (χ2v) is 8.46. The Hall–Kier alpha value is -1.84. The van der Waals surface area contributed by atoms with Gasteiger partial charge in [0.2, 0.25) is 5.90 Å². The van der Waals surface area contributed by atoms with Gasteiger partial charge in [0.25, 0.3) is 0 Å². The number of methoxy groups -OCH3 is 1. The molecule has 1 aliphatic heterocycles. The zero-order valence-electron chi connectivity index (χ0n) is 19.1. The van der Waals surface area contributed by atoms with Crippen molar-refractivity contribution in [1.29, 1.82) is 0 Å². The number of nitrogens with zero attached hydrogens (tertiary/aromatic N) is 1. The van der Waals surface area contributed by atoms with E-state index in [4.69, 9.17) is 14.5 Å². The molecule has 4 heteroatoms. The summed E-state index contributed by atoms with van der Waals surface area (Å²) in [7, 11) is 1.46. The molecule has 0 amide bonds. The first-order valence-electron chi connectivity index (χ1n) is 12.1. The van der Waals surface area contributed by atoms with Crippen molar-refractivity contribution in [2.75, 3.05) is 7.11 Å². The molecule has 1 heterocycles. The minimum Gasteiger partial charge on any atom is -0.472 e. The summed E-state index contributed by atoms with van der Waals surface area (Å²) in [5.74, 6) is 0.730. The highest BCUT2D eigenvalue weighted by atomic mass is 16.5. The van der Waals surface area contributed by atoms with Crippen LogP contribution in [-0.4, -0.2) is 31.1 Å². The number of carbonyl (C=O) groups is 1. The van der Waals surface area contributed by atoms with Gasteiger partial charge < -0.3 is 9.47 Å². The predicted molar refractivity (Wildman–Crippen MR) is 124 cm³/mol. The first-order chi connectivity index (χ1) is 14.7. The number of unbranched alkanes of at least 4 members (excludes halogenated alkanes) is 9. The largest absolute Gasteiger partial charge is 0.472 e. The Kier molecular flexibility index (Phi) is 12.2. The summed E-state index contributed by atoms with van der Waals surface area (Å²) in [6.45, 7) is 2.26. The number of aliphatic imine (C=N–C) groups is 1. The smallest absolute Gasteiger partial charge is 0.305 e. The van der Waals surface area contributed by atoms with Gasteiger partial charge in [-0.05, 0) is 37.8 Å². The highest BCUT2D eigenvalue weighted by Crippen LogP contribution is 2.26. The lowest BCUT2D eigenvalue weighted by Gasteiger charge is -2.17. The molecule has 0 aromatic heterocycles. The Morgan fingerprint density at radius 1 is 0.900 bits per heavy atom. The fraction of sp³-hybridized carbons (Fsp3) is 0.692. The van der Waals surface area contributed by atoms with Gasteiger partial charge in [0.1, 0.15) is 6.10 Å². The third kappa shape index (κ3) is 9.32. The molecular formula is C26H41NO3. The lowest BCUT2D eigenvalue weighted by atomic mass is 9.98. The summed E-state index contributed by atoms with van der Waals surface area (Å²) in [5.41, 5.74) is 1.09. The first-order valence-corrected chi connectivity index (χ1v) is 12.1. The summed E-state index contributed by atoms with van der Waals surface area (Å²) in [4.78, 5) is 16.1. The van der Waals surface area contributed by atoms with E-state index in [1.54, 1.807) is 0 Å². The zero-order chi connectivity index (χ0) is 21.4. The van der Waals surface area contributed by atoms with E-state index in [1.165, 1.54) is 64.9 Å². The monoisotopic (exact) mass is 415 g/mol. The number of esters is 1. The lowest BCUT2D eigenvalue weighted by Crippen LogP contribution is -2.22. The lowest BCUT2D eigenvalue weighted by molar-refractivity contribution is -0.140. The Bertz CT molecular complexity index is 614. The molecule has 1 aliphatic rings. The molecule has 0 saturated carbocycles. The molecule has 168 valence electrons. The van der Waals surface area contributed by atoms with Gasteiger partial charge in [-0.25, -0.2) is 4.99 Å². The molecule has 0 bridgehead atoms. The van der Waals surface area contributed by atoms with Crippen molar-refractivity contribution in [1.82, 2.24) is 0 Å². The van der Waals surface area contributed by atoms with Crippen LogP contribution in [0.4, 0.5) is 0 Å². The van der Waals surface area contributed by atoms with E-state index < -0.39 is 0 Å². The number of hydrogen-bond donors (Lipinski definition) is 0. The average Bonchev–Trinajstić information content (AvgIpc) is 3.18. The molecule has 30 heavy (non-hydrogen) atoms. The zero-order valence-corrected chi connectivity index (χ0v) is 19.1. The topological polar surface area (TPSA) is 47.9 Å². The second-order valence-electron chi connectivity index (χ2n) is 8.46. The summed E-state index contributed by atoms with van der Waals surface area (Å²) in [5, 5.41) is 0. The Morgan fingerprint density at radius 3 is 2.23 bits per heavy atom. The van der Waals surface area contributed by atoms with Crippen molar-refractivity contribution in [2.45, 2.75) is 109 Å². The summed E-state index contributed by atoms with van der Waals surface area (Å²) in [6, 6.07) is 10.6. The van der Waals surface area contributed by atoms with Gasteiger partial charge in [-0.2, -0.15) is 0 Å². The Morgan fingerprint density at radius 2 is 1.53 bits per heavy atom. The van der Waals surface area contributed by atoms with Gasteiger partial charge >= 0.3 is 5.97 Å². The maximum Gasteiger partial charge on any atom is 0.305 e. The van der Waals surface area contributed by atoms with E-state index in [0.717, 1.165) is 37.1 Å². The maximum atomic E-state index is 11.2. The van der Waals surface area contributed by atoms with Gasteiger partial charge in [-0.15, -0.1) is 0 Å². The molecule has 0 spiro atoms. The quantitative estimate of drug-likeness (QED) is 0.219. The van der Waals surface area contributed by atoms with Crippen molar-refractivity contribution in [2.24, 2.45) is 4.99 Å². The fourth-order valence-corrected chi connectivity index (χ4v) is 4.09. The minimum absolute atomic E-state index is 0.0987. The van der Waals surface area contributed by atoms with Crippen LogP contribution in [0.3, 0.4) is 0 Å². The molecule has 0 fully saturated rings. The standard InChI is InChI=1S/C26H41NO3/c1-3-4-5-6-9-15-20-24-23(19-14-8-7-10-16-21-25(28)29-2)27-26(30-24)22-17-12-11-13-18-22/h11-13,17-18,23-24H,3-10,14-16,19-21H2,1-2H3/t23-,24+/m1/s1. The first kappa shape index (κ1) is 24.4. The Balaban J connectivity index is 1.74. The SMILES string of the molecule is CCCCCCCC[C@@H]1OC(c2ccccc2)=N[C@@H]1CCCCCCCC(=O)OC. The number of carbonyl (C=O) groups excluding carboxylic acids is 1. The third-order valence-electron chi connectivity index (χ3n) is 5.95. The van der Waals surface area contributed by atoms with Crippen molar-refractivity contribution in [3.05, 3.63) is 35.9 Å². The van der Waals surface area contributed by atoms with Crippen LogP contribution in [0, 0.1) is 0 Å². The van der Waals surface area contributed by atoms with Gasteiger partial charge in [0, 0.05) is 12.0 Å². The highest BCUT2D eigenvalue weighted by Gasteiger charge is 2.30. The van der Waals surface area contributed by atoms with E-state index in [1.807, 2.05) is 18.2 Å². The van der Waals surface area contributed by atoms with Gasteiger partial charge in [-0.3, -0.25) is 4.79 Å². The minimum atomic E-state index is -0.0987. The van der Waals surface area contributed by atoms with Crippen LogP contribution < -0.4 is 0 Å². The Labute approximate surface area is 183 Å². The molecule has 0 radical (unpaired) electrons. The molecule has 0 aliphatic carbocycles. The van der Waals surface area contributed by atoms with E-state index >= 15 is 0 Å². The van der Waals surface area contributed by atoms with Gasteiger partial charge in [0.15, 0.2) is 0 Å². The van der Waals surface area contributed by atoms with Crippen LogP contribution in [0.1, 0.15) is 102 Å². The third-order valence-corrected chi connectivity index (χ3v) is 5.95. The van der Waals surface area contributed by atoms with Crippen molar-refractivity contribution < 1.29 is 14.3 Å². The number of rotatable bonds is 16. The average molecular weight is 416 g/mol. The van der Waals surface area contributed by atoms with Crippen LogP contribution in [0.15, 0.2) is 35.3 Å². The second kappa shape index (κ2) is 15.0. The molecule has 2 atom stereocenters. The van der Waals surface area contributed by atoms with Gasteiger partial charge in [0.05, 0.1) is 13.2 Å². The summed E-state index contributed by atoms with van der Waals surface area (Å²) >= 11 is 0. The van der Waals surface area contributed by atoms with E-state index in [2.05, 4.69) is 19.1 Å².